The number of alkyl halides is 8. The zero-order valence-corrected chi connectivity index (χ0v) is 76.3. The Balaban J connectivity index is 0.000000217. The number of rotatable bonds is 31. The van der Waals surface area contributed by atoms with Crippen molar-refractivity contribution in [3.63, 3.8) is 0 Å². The van der Waals surface area contributed by atoms with Gasteiger partial charge in [0.1, 0.15) is 40.7 Å². The van der Waals surface area contributed by atoms with Crippen LogP contribution in [-0.2, 0) is 0 Å². The lowest BCUT2D eigenvalue weighted by molar-refractivity contribution is -0.119. The summed E-state index contributed by atoms with van der Waals surface area (Å²) in [4.78, 5) is 0. The highest BCUT2D eigenvalue weighted by atomic mass is 35.5. The third-order valence-corrected chi connectivity index (χ3v) is 22.4. The first kappa shape index (κ1) is 101. The molecule has 0 heterocycles. The summed E-state index contributed by atoms with van der Waals surface area (Å²) in [5.41, 5.74) is 9.27. The van der Waals surface area contributed by atoms with Crippen molar-refractivity contribution < 1.29 is 86.9 Å². The fourth-order valence-corrected chi connectivity index (χ4v) is 13.9. The van der Waals surface area contributed by atoms with Crippen LogP contribution in [0.25, 0.3) is 0 Å². The van der Waals surface area contributed by atoms with E-state index in [1.807, 2.05) is 122 Å². The normalized spacial score (nSPS) is 18.2. The summed E-state index contributed by atoms with van der Waals surface area (Å²) >= 11 is 5.93. The summed E-state index contributed by atoms with van der Waals surface area (Å²) in [6.07, 6.45) is 6.01. The molecule has 0 spiro atoms. The van der Waals surface area contributed by atoms with E-state index in [4.69, 9.17) is 59.0 Å². The molecule has 0 amide bonds. The van der Waals surface area contributed by atoms with Gasteiger partial charge in [-0.25, -0.2) is 39.5 Å². The Morgan fingerprint density at radius 1 is 0.417 bits per heavy atom. The summed E-state index contributed by atoms with van der Waals surface area (Å²) in [6, 6.07) is 40.7. The average Bonchev–Trinajstić information content (AvgIpc) is 1.64. The van der Waals surface area contributed by atoms with Crippen molar-refractivity contribution in [2.24, 2.45) is 29.6 Å². The molecule has 120 heavy (non-hydrogen) atoms. The van der Waals surface area contributed by atoms with Crippen LogP contribution in [0.1, 0.15) is 287 Å². The van der Waals surface area contributed by atoms with Crippen molar-refractivity contribution in [2.45, 2.75) is 286 Å². The van der Waals surface area contributed by atoms with Crippen molar-refractivity contribution in [2.75, 3.05) is 61.0 Å². The van der Waals surface area contributed by atoms with Crippen LogP contribution in [-0.4, -0.2) is 96.7 Å². The largest absolute Gasteiger partial charge is 0.493 e. The van der Waals surface area contributed by atoms with Gasteiger partial charge in [-0.15, -0.1) is 0 Å². The van der Waals surface area contributed by atoms with Gasteiger partial charge >= 0.3 is 0 Å². The van der Waals surface area contributed by atoms with Crippen LogP contribution in [0, 0.1) is 49.3 Å². The molecular formula is C100H138ClF9O10. The van der Waals surface area contributed by atoms with E-state index in [9.17, 15) is 39.5 Å². The second kappa shape index (κ2) is 47.2. The molecule has 0 N–H and O–H groups in total. The number of methoxy groups -OCH3 is 3. The van der Waals surface area contributed by atoms with Gasteiger partial charge in [0, 0.05) is 50.5 Å². The second-order valence-electron chi connectivity index (χ2n) is 35.8. The molecule has 2 atom stereocenters. The van der Waals surface area contributed by atoms with Crippen LogP contribution in [0.5, 0.6) is 57.5 Å². The van der Waals surface area contributed by atoms with Gasteiger partial charge in [-0.2, -0.15) is 0 Å². The first-order valence-electron chi connectivity index (χ1n) is 43.0. The van der Waals surface area contributed by atoms with Crippen LogP contribution in [0.15, 0.2) is 127 Å². The van der Waals surface area contributed by atoms with Crippen molar-refractivity contribution in [3.8, 4) is 57.5 Å². The Kier molecular flexibility index (Phi) is 39.7. The first-order chi connectivity index (χ1) is 56.3. The fourth-order valence-electron chi connectivity index (χ4n) is 13.6. The van der Waals surface area contributed by atoms with Crippen LogP contribution >= 0.6 is 11.6 Å². The molecule has 5 aliphatic rings. The third kappa shape index (κ3) is 34.1. The Bertz CT molecular complexity index is 4120. The van der Waals surface area contributed by atoms with Gasteiger partial charge < -0.3 is 47.4 Å². The van der Waals surface area contributed by atoms with Gasteiger partial charge in [0.2, 0.25) is 11.8 Å². The molecule has 0 saturated heterocycles. The molecule has 10 nitrogen and oxygen atoms in total. The predicted octanol–water partition coefficient (Wildman–Crippen LogP) is 29.6. The number of aryl methyl sites for hydroxylation is 2. The van der Waals surface area contributed by atoms with E-state index in [-0.39, 0.29) is 61.3 Å². The minimum atomic E-state index is -2.85. The highest BCUT2D eigenvalue weighted by Gasteiger charge is 2.50. The van der Waals surface area contributed by atoms with E-state index in [1.54, 1.807) is 46.5 Å². The predicted molar refractivity (Wildman–Crippen MR) is 470 cm³/mol. The first-order valence-corrected chi connectivity index (χ1v) is 43.4. The topological polar surface area (TPSA) is 92.3 Å². The molecule has 0 aromatic heterocycles. The summed E-state index contributed by atoms with van der Waals surface area (Å²) in [7, 11) is 4.99. The number of halogens is 10. The smallest absolute Gasteiger partial charge is 0.278 e. The quantitative estimate of drug-likeness (QED) is 0.0391. The zero-order valence-electron chi connectivity index (χ0n) is 75.6. The highest BCUT2D eigenvalue weighted by Crippen LogP contribution is 2.50. The summed E-state index contributed by atoms with van der Waals surface area (Å²) < 4.78 is 170. The van der Waals surface area contributed by atoms with Gasteiger partial charge in [0.05, 0.1) is 65.5 Å². The lowest BCUT2D eigenvalue weighted by Gasteiger charge is -2.34. The van der Waals surface area contributed by atoms with Crippen LogP contribution in [0.2, 0.25) is 5.02 Å². The number of hydrogen-bond acceptors (Lipinski definition) is 10. The van der Waals surface area contributed by atoms with Gasteiger partial charge in [-0.1, -0.05) is 170 Å². The maximum atomic E-state index is 13.5. The van der Waals surface area contributed by atoms with E-state index in [0.29, 0.717) is 104 Å². The molecule has 7 aromatic rings. The molecule has 0 bridgehead atoms. The summed E-state index contributed by atoms with van der Waals surface area (Å²) in [5.74, 6) is 3.60. The van der Waals surface area contributed by atoms with E-state index in [0.717, 1.165) is 94.1 Å². The number of hydrogen-bond donors (Lipinski definition) is 0. The Morgan fingerprint density at radius 2 is 0.767 bits per heavy atom. The SMILES string of the molecule is CC(C)Oc1ccc(C(C)C)c(F)c1.CC(C)c1ccc(OCC(C)(F)F)c(Cl)c1.COc1cc(C(C)C)ccc1OCC1CC(F)C1.COc1cc(C(C)C)ccc1OCC1CCC1.COc1cc(C(C)C)ccc1OCCC1CC1(C)F.Cc1cc(C(C)C)ccc1OCC1CC(F)(F)C1.Cc1cc(C(C)C)ccc1OCC1CC(F)(F)C1. The highest BCUT2D eigenvalue weighted by molar-refractivity contribution is 6.32. The molecule has 7 aromatic carbocycles. The molecule has 5 aliphatic carbocycles. The van der Waals surface area contributed by atoms with Crippen LogP contribution < -0.4 is 47.4 Å². The van der Waals surface area contributed by atoms with Crippen molar-refractivity contribution in [3.05, 3.63) is 188 Å². The molecule has 12 rings (SSSR count). The van der Waals surface area contributed by atoms with Gasteiger partial charge in [-0.3, -0.25) is 0 Å². The van der Waals surface area contributed by atoms with Crippen molar-refractivity contribution in [1.29, 1.82) is 0 Å². The molecule has 20 heteroatoms. The monoisotopic (exact) mass is 1700 g/mol. The average molecular weight is 1710 g/mol. The molecule has 5 saturated carbocycles. The van der Waals surface area contributed by atoms with E-state index >= 15 is 0 Å². The minimum absolute atomic E-state index is 0.00387. The maximum absolute atomic E-state index is 13.5. The third-order valence-electron chi connectivity index (χ3n) is 22.1. The minimum Gasteiger partial charge on any atom is -0.493 e. The fraction of sp³-hybridized carbons (Fsp3) is 0.580. The summed E-state index contributed by atoms with van der Waals surface area (Å²) in [6.45, 7) is 41.9. The lowest BCUT2D eigenvalue weighted by atomic mass is 9.82. The maximum Gasteiger partial charge on any atom is 0.278 e. The van der Waals surface area contributed by atoms with Crippen LogP contribution in [0.4, 0.5) is 39.5 Å². The van der Waals surface area contributed by atoms with Gasteiger partial charge in [-0.05, 0) is 249 Å². The van der Waals surface area contributed by atoms with E-state index in [1.165, 1.54) is 53.1 Å². The van der Waals surface area contributed by atoms with Crippen molar-refractivity contribution >= 4 is 11.6 Å². The Labute approximate surface area is 717 Å². The standard InChI is InChI=1S/C16H23FO2.2C15H20F2O.C15H21FO2.C15H22O2.C12H15ClF2O.C12H17FO/c1-11(2)12-5-6-14(15(9-12)18-4)19-8-7-13-10-16(13,3)17;2*1-10(2)13-4-5-14(11(3)6-13)18-9-12-7-15(16,17)8-12;1-10(2)12-4-5-14(15(8-12)17-3)18-9-11-6-13(16)7-11;1-11(2)13-7-8-14(15(9-13)16-3)17-10-12-5-4-6-12;1-8(2)9-4-5-11(10(13)6-9)16-7-12(3,14)15;1-8(2)11-6-5-10(7-12(11)13)14-9(3)4/h5-6,9,11,13H,7-8,10H2,1-4H3;2*4-6,10,12H,7-9H2,1-3H3;4-5,8,10-11,13H,6-7,9H2,1-3H3;7-9,11-12H,4-6,10H2,1-3H3;4-6,8H,7H2,1-3H3;5-9H,1-4H3. The van der Waals surface area contributed by atoms with E-state index < -0.39 is 36.2 Å². The lowest BCUT2D eigenvalue weighted by Crippen LogP contribution is -2.38. The molecule has 5 fully saturated rings. The molecule has 668 valence electrons. The summed E-state index contributed by atoms with van der Waals surface area (Å²) in [5, 5.41) is 0.371. The van der Waals surface area contributed by atoms with Gasteiger partial charge in [0.15, 0.2) is 41.1 Å². The molecule has 0 radical (unpaired) electrons. The van der Waals surface area contributed by atoms with Gasteiger partial charge in [0.25, 0.3) is 5.92 Å². The molecule has 0 aliphatic heterocycles. The van der Waals surface area contributed by atoms with Crippen LogP contribution in [0.3, 0.4) is 0 Å². The second-order valence-corrected chi connectivity index (χ2v) is 36.2. The molecule has 2 unspecified atom stereocenters. The molecular weight excluding hydrogens is 1570 g/mol. The van der Waals surface area contributed by atoms with E-state index in [2.05, 4.69) is 106 Å². The number of benzene rings is 7. The number of ether oxygens (including phenoxy) is 10. The zero-order chi connectivity index (χ0) is 89.1. The Hall–Kier alpha value is -7.80. The Morgan fingerprint density at radius 3 is 1.07 bits per heavy atom. The van der Waals surface area contributed by atoms with Crippen molar-refractivity contribution in [1.82, 2.24) is 0 Å².